The molecule has 3 heteroatoms. The SMILES string of the molecule is CC1C(N)CCC(C(=O)NC2(C)CCC2)C1(C)C. The first-order chi connectivity index (χ1) is 8.26. The molecule has 3 atom stereocenters. The van der Waals surface area contributed by atoms with Gasteiger partial charge in [-0.1, -0.05) is 20.8 Å². The molecule has 104 valence electrons. The van der Waals surface area contributed by atoms with E-state index in [0.717, 1.165) is 25.7 Å². The van der Waals surface area contributed by atoms with E-state index in [1.807, 2.05) is 0 Å². The van der Waals surface area contributed by atoms with Gasteiger partial charge < -0.3 is 11.1 Å². The molecule has 0 aromatic heterocycles. The molecule has 0 bridgehead atoms. The molecular formula is C15H28N2O. The summed E-state index contributed by atoms with van der Waals surface area (Å²) in [7, 11) is 0. The van der Waals surface area contributed by atoms with Crippen LogP contribution in [-0.2, 0) is 4.79 Å². The predicted octanol–water partition coefficient (Wildman–Crippen LogP) is 2.44. The van der Waals surface area contributed by atoms with E-state index in [9.17, 15) is 4.79 Å². The van der Waals surface area contributed by atoms with Crippen LogP contribution in [0.1, 0.15) is 59.8 Å². The summed E-state index contributed by atoms with van der Waals surface area (Å²) in [6.45, 7) is 8.75. The lowest BCUT2D eigenvalue weighted by Gasteiger charge is -2.48. The molecule has 3 unspecified atom stereocenters. The highest BCUT2D eigenvalue weighted by Gasteiger charge is 2.46. The number of hydrogen-bond donors (Lipinski definition) is 2. The maximum Gasteiger partial charge on any atom is 0.224 e. The smallest absolute Gasteiger partial charge is 0.224 e. The van der Waals surface area contributed by atoms with Crippen molar-refractivity contribution in [3.8, 4) is 0 Å². The minimum absolute atomic E-state index is 0.00184. The minimum atomic E-state index is 0.00184. The van der Waals surface area contributed by atoms with E-state index in [4.69, 9.17) is 5.73 Å². The van der Waals surface area contributed by atoms with Crippen molar-refractivity contribution in [3.63, 3.8) is 0 Å². The number of amides is 1. The lowest BCUT2D eigenvalue weighted by atomic mass is 9.60. The van der Waals surface area contributed by atoms with Crippen molar-refractivity contribution in [2.45, 2.75) is 71.4 Å². The summed E-state index contributed by atoms with van der Waals surface area (Å²) >= 11 is 0. The summed E-state index contributed by atoms with van der Waals surface area (Å²) in [6, 6.07) is 0.239. The van der Waals surface area contributed by atoms with Crippen LogP contribution in [0.5, 0.6) is 0 Å². The van der Waals surface area contributed by atoms with Gasteiger partial charge in [-0.25, -0.2) is 0 Å². The van der Waals surface area contributed by atoms with Gasteiger partial charge >= 0.3 is 0 Å². The molecule has 3 N–H and O–H groups in total. The van der Waals surface area contributed by atoms with Crippen LogP contribution in [0.25, 0.3) is 0 Å². The Morgan fingerprint density at radius 2 is 1.83 bits per heavy atom. The molecule has 18 heavy (non-hydrogen) atoms. The molecule has 2 saturated carbocycles. The Labute approximate surface area is 111 Å². The van der Waals surface area contributed by atoms with Gasteiger partial charge in [0.2, 0.25) is 5.91 Å². The average Bonchev–Trinajstić information content (AvgIpc) is 2.23. The second-order valence-corrected chi connectivity index (χ2v) is 7.31. The van der Waals surface area contributed by atoms with Gasteiger partial charge in [0.1, 0.15) is 0 Å². The first kappa shape index (κ1) is 13.9. The van der Waals surface area contributed by atoms with Crippen LogP contribution in [0.2, 0.25) is 0 Å². The fourth-order valence-electron chi connectivity index (χ4n) is 3.54. The van der Waals surface area contributed by atoms with E-state index in [0.29, 0.717) is 5.92 Å². The molecule has 2 rings (SSSR count). The molecule has 0 aromatic carbocycles. The fourth-order valence-corrected chi connectivity index (χ4v) is 3.54. The topological polar surface area (TPSA) is 55.1 Å². The van der Waals surface area contributed by atoms with Crippen LogP contribution in [0, 0.1) is 17.3 Å². The maximum atomic E-state index is 12.5. The molecule has 2 aliphatic carbocycles. The van der Waals surface area contributed by atoms with Crippen molar-refractivity contribution in [2.24, 2.45) is 23.0 Å². The number of hydrogen-bond acceptors (Lipinski definition) is 2. The van der Waals surface area contributed by atoms with Crippen molar-refractivity contribution in [3.05, 3.63) is 0 Å². The van der Waals surface area contributed by atoms with Crippen molar-refractivity contribution in [1.29, 1.82) is 0 Å². The van der Waals surface area contributed by atoms with Gasteiger partial charge in [0.05, 0.1) is 0 Å². The molecular weight excluding hydrogens is 224 g/mol. The van der Waals surface area contributed by atoms with E-state index in [2.05, 4.69) is 33.0 Å². The van der Waals surface area contributed by atoms with Gasteiger partial charge in [0.25, 0.3) is 0 Å². The number of rotatable bonds is 2. The van der Waals surface area contributed by atoms with E-state index in [1.54, 1.807) is 0 Å². The standard InChI is InChI=1S/C15H28N2O/c1-10-12(16)7-6-11(14(10,2)3)13(18)17-15(4)8-5-9-15/h10-12H,5-9,16H2,1-4H3,(H,17,18). The van der Waals surface area contributed by atoms with E-state index >= 15 is 0 Å². The van der Waals surface area contributed by atoms with E-state index in [-0.39, 0.29) is 28.8 Å². The largest absolute Gasteiger partial charge is 0.351 e. The van der Waals surface area contributed by atoms with Gasteiger partial charge in [-0.05, 0) is 50.4 Å². The Bertz CT molecular complexity index is 333. The maximum absolute atomic E-state index is 12.5. The lowest BCUT2D eigenvalue weighted by Crippen LogP contribution is -2.57. The molecule has 2 fully saturated rings. The van der Waals surface area contributed by atoms with Crippen molar-refractivity contribution >= 4 is 5.91 Å². The van der Waals surface area contributed by atoms with Gasteiger partial charge in [-0.3, -0.25) is 4.79 Å². The summed E-state index contributed by atoms with van der Waals surface area (Å²) in [5.74, 6) is 0.766. The first-order valence-corrected chi connectivity index (χ1v) is 7.34. The summed E-state index contributed by atoms with van der Waals surface area (Å²) < 4.78 is 0. The Morgan fingerprint density at radius 3 is 2.33 bits per heavy atom. The zero-order valence-electron chi connectivity index (χ0n) is 12.3. The van der Waals surface area contributed by atoms with Gasteiger partial charge in [0, 0.05) is 17.5 Å². The summed E-state index contributed by atoms with van der Waals surface area (Å²) in [5.41, 5.74) is 6.22. The third kappa shape index (κ3) is 2.29. The summed E-state index contributed by atoms with van der Waals surface area (Å²) in [6.07, 6.45) is 5.40. The molecule has 1 amide bonds. The zero-order valence-corrected chi connectivity index (χ0v) is 12.3. The molecule has 0 heterocycles. The predicted molar refractivity (Wildman–Crippen MR) is 74.0 cm³/mol. The highest BCUT2D eigenvalue weighted by Crippen LogP contribution is 2.45. The Kier molecular flexibility index (Phi) is 3.48. The van der Waals surface area contributed by atoms with Crippen LogP contribution in [0.3, 0.4) is 0 Å². The Morgan fingerprint density at radius 1 is 1.22 bits per heavy atom. The molecule has 2 aliphatic rings. The quantitative estimate of drug-likeness (QED) is 0.793. The highest BCUT2D eigenvalue weighted by atomic mass is 16.2. The second-order valence-electron chi connectivity index (χ2n) is 7.31. The van der Waals surface area contributed by atoms with Crippen LogP contribution in [0.4, 0.5) is 0 Å². The molecule has 0 aliphatic heterocycles. The van der Waals surface area contributed by atoms with Gasteiger partial charge in [-0.15, -0.1) is 0 Å². The molecule has 0 spiro atoms. The van der Waals surface area contributed by atoms with Gasteiger partial charge in [0.15, 0.2) is 0 Å². The van der Waals surface area contributed by atoms with E-state index < -0.39 is 0 Å². The van der Waals surface area contributed by atoms with Crippen molar-refractivity contribution in [1.82, 2.24) is 5.32 Å². The first-order valence-electron chi connectivity index (χ1n) is 7.34. The second kappa shape index (κ2) is 4.52. The minimum Gasteiger partial charge on any atom is -0.351 e. The molecule has 0 saturated heterocycles. The Balaban J connectivity index is 2.05. The van der Waals surface area contributed by atoms with Crippen LogP contribution < -0.4 is 11.1 Å². The summed E-state index contributed by atoms with van der Waals surface area (Å²) in [4.78, 5) is 12.5. The third-order valence-electron chi connectivity index (χ3n) is 5.70. The van der Waals surface area contributed by atoms with E-state index in [1.165, 1.54) is 6.42 Å². The Hall–Kier alpha value is -0.570. The molecule has 0 aromatic rings. The van der Waals surface area contributed by atoms with Crippen LogP contribution >= 0.6 is 0 Å². The average molecular weight is 252 g/mol. The zero-order chi connectivity index (χ0) is 13.6. The lowest BCUT2D eigenvalue weighted by molar-refractivity contribution is -0.135. The van der Waals surface area contributed by atoms with Crippen LogP contribution in [0.15, 0.2) is 0 Å². The van der Waals surface area contributed by atoms with Crippen LogP contribution in [-0.4, -0.2) is 17.5 Å². The number of carbonyl (C=O) groups is 1. The highest BCUT2D eigenvalue weighted by molar-refractivity contribution is 5.80. The third-order valence-corrected chi connectivity index (χ3v) is 5.70. The van der Waals surface area contributed by atoms with Crippen molar-refractivity contribution in [2.75, 3.05) is 0 Å². The fraction of sp³-hybridized carbons (Fsp3) is 0.933. The van der Waals surface area contributed by atoms with Crippen molar-refractivity contribution < 1.29 is 4.79 Å². The normalized spacial score (nSPS) is 37.7. The molecule has 0 radical (unpaired) electrons. The summed E-state index contributed by atoms with van der Waals surface area (Å²) in [5, 5.41) is 3.27. The number of carbonyl (C=O) groups excluding carboxylic acids is 1. The van der Waals surface area contributed by atoms with Gasteiger partial charge in [-0.2, -0.15) is 0 Å². The number of nitrogens with two attached hydrogens (primary N) is 1. The monoisotopic (exact) mass is 252 g/mol. The number of nitrogens with one attached hydrogen (secondary N) is 1. The molecule has 3 nitrogen and oxygen atoms in total.